The molecule has 0 aliphatic heterocycles. The summed E-state index contributed by atoms with van der Waals surface area (Å²) in [5.74, 6) is -4.02. The van der Waals surface area contributed by atoms with Gasteiger partial charge >= 0.3 is 11.9 Å². The Labute approximate surface area is 169 Å². The third-order valence-corrected chi connectivity index (χ3v) is 7.98. The Morgan fingerprint density at radius 1 is 0.759 bits per heavy atom. The number of rotatable bonds is 7. The van der Waals surface area contributed by atoms with Gasteiger partial charge in [0.1, 0.15) is 0 Å². The lowest BCUT2D eigenvalue weighted by Crippen LogP contribution is -2.49. The molecule has 160 valence electrons. The first-order valence-electron chi connectivity index (χ1n) is 10.8. The van der Waals surface area contributed by atoms with E-state index in [-0.39, 0.29) is 48.1 Å². The average molecular weight is 406 g/mol. The van der Waals surface area contributed by atoms with Crippen LogP contribution in [-0.2, 0) is 19.2 Å². The molecule has 4 saturated carbocycles. The maximum Gasteiger partial charge on any atom is 0.307 e. The Bertz CT molecular complexity index is 724. The van der Waals surface area contributed by atoms with Crippen molar-refractivity contribution in [3.63, 3.8) is 0 Å². The van der Waals surface area contributed by atoms with Crippen LogP contribution in [0.3, 0.4) is 0 Å². The van der Waals surface area contributed by atoms with Crippen LogP contribution in [-0.4, -0.2) is 46.6 Å². The van der Waals surface area contributed by atoms with E-state index < -0.39 is 35.6 Å². The molecule has 4 fully saturated rings. The molecule has 29 heavy (non-hydrogen) atoms. The van der Waals surface area contributed by atoms with Crippen molar-refractivity contribution in [2.45, 2.75) is 51.5 Å². The molecule has 0 saturated heterocycles. The normalized spacial score (nSPS) is 40.6. The molecule has 9 atom stereocenters. The van der Waals surface area contributed by atoms with E-state index in [0.29, 0.717) is 0 Å². The van der Waals surface area contributed by atoms with Gasteiger partial charge in [0.05, 0.1) is 23.7 Å². The molecule has 8 heteroatoms. The highest BCUT2D eigenvalue weighted by molar-refractivity contribution is 5.87. The fraction of sp³-hybridized carbons (Fsp3) is 0.810. The zero-order valence-electron chi connectivity index (χ0n) is 16.7. The molecule has 4 rings (SSSR count). The Hall–Kier alpha value is -2.12. The first-order chi connectivity index (χ1) is 13.8. The van der Waals surface area contributed by atoms with E-state index >= 15 is 0 Å². The van der Waals surface area contributed by atoms with Crippen LogP contribution in [0.4, 0.5) is 0 Å². The molecule has 0 radical (unpaired) electrons. The van der Waals surface area contributed by atoms with Crippen molar-refractivity contribution in [3.05, 3.63) is 0 Å². The van der Waals surface area contributed by atoms with Crippen LogP contribution in [0.5, 0.6) is 0 Å². The van der Waals surface area contributed by atoms with E-state index in [0.717, 1.165) is 38.5 Å². The Morgan fingerprint density at radius 3 is 1.62 bits per heavy atom. The summed E-state index contributed by atoms with van der Waals surface area (Å²) in [5.41, 5.74) is 0. The number of carbonyl (C=O) groups is 4. The standard InChI is InChI=1S/C21H30N2O6/c1-9(23-19(25)15-11-3-5-13(7-11)17(15)21(28)29)8-22-18(24)14-10-2-4-12(6-10)16(14)20(26)27/h9-17H,2-8H2,1H3,(H,22,24)(H,23,25)(H,26,27)(H,28,29)/t9-,10-,11-,12+,13+,14-,15-,16+,17+/m1/s1. The van der Waals surface area contributed by atoms with Gasteiger partial charge in [0.25, 0.3) is 0 Å². The second-order valence-electron chi connectivity index (χ2n) is 9.60. The van der Waals surface area contributed by atoms with Crippen LogP contribution in [0.1, 0.15) is 45.4 Å². The van der Waals surface area contributed by atoms with Crippen molar-refractivity contribution in [1.29, 1.82) is 0 Å². The minimum atomic E-state index is -0.894. The van der Waals surface area contributed by atoms with E-state index in [1.807, 2.05) is 0 Å². The number of aliphatic carboxylic acids is 2. The van der Waals surface area contributed by atoms with Gasteiger partial charge in [-0.2, -0.15) is 0 Å². The molecular formula is C21H30N2O6. The van der Waals surface area contributed by atoms with Gasteiger partial charge in [-0.05, 0) is 69.1 Å². The van der Waals surface area contributed by atoms with Crippen LogP contribution in [0.15, 0.2) is 0 Å². The minimum Gasteiger partial charge on any atom is -0.481 e. The number of carboxylic acid groups (broad SMARTS) is 2. The molecule has 4 bridgehead atoms. The first kappa shape index (κ1) is 20.2. The molecule has 0 heterocycles. The van der Waals surface area contributed by atoms with Gasteiger partial charge in [-0.25, -0.2) is 0 Å². The highest BCUT2D eigenvalue weighted by atomic mass is 16.4. The molecule has 0 aromatic heterocycles. The van der Waals surface area contributed by atoms with Crippen molar-refractivity contribution in [2.24, 2.45) is 47.3 Å². The number of amides is 2. The number of carbonyl (C=O) groups excluding carboxylic acids is 2. The highest BCUT2D eigenvalue weighted by Gasteiger charge is 2.55. The summed E-state index contributed by atoms with van der Waals surface area (Å²) >= 11 is 0. The van der Waals surface area contributed by atoms with Gasteiger partial charge in [0, 0.05) is 12.6 Å². The van der Waals surface area contributed by atoms with Gasteiger partial charge < -0.3 is 20.8 Å². The summed E-state index contributed by atoms with van der Waals surface area (Å²) in [4.78, 5) is 48.6. The number of nitrogens with one attached hydrogen (secondary N) is 2. The van der Waals surface area contributed by atoms with E-state index in [2.05, 4.69) is 10.6 Å². The smallest absolute Gasteiger partial charge is 0.307 e. The van der Waals surface area contributed by atoms with Gasteiger partial charge in [-0.3, -0.25) is 19.2 Å². The zero-order valence-corrected chi connectivity index (χ0v) is 16.7. The van der Waals surface area contributed by atoms with Crippen LogP contribution in [0.25, 0.3) is 0 Å². The lowest BCUT2D eigenvalue weighted by atomic mass is 9.78. The van der Waals surface area contributed by atoms with Gasteiger partial charge in [-0.15, -0.1) is 0 Å². The third-order valence-electron chi connectivity index (χ3n) is 7.98. The lowest BCUT2D eigenvalue weighted by Gasteiger charge is -2.29. The molecule has 4 N–H and O–H groups in total. The lowest BCUT2D eigenvalue weighted by molar-refractivity contribution is -0.150. The third kappa shape index (κ3) is 3.51. The number of fused-ring (bicyclic) bond motifs is 4. The second kappa shape index (κ2) is 7.61. The maximum absolute atomic E-state index is 12.7. The van der Waals surface area contributed by atoms with Crippen LogP contribution in [0, 0.1) is 47.3 Å². The van der Waals surface area contributed by atoms with Crippen LogP contribution < -0.4 is 10.6 Å². The van der Waals surface area contributed by atoms with E-state index in [1.165, 1.54) is 0 Å². The summed E-state index contributed by atoms with van der Waals surface area (Å²) in [5, 5.41) is 24.7. The monoisotopic (exact) mass is 406 g/mol. The minimum absolute atomic E-state index is 0.0917. The van der Waals surface area contributed by atoms with Crippen molar-refractivity contribution in [2.75, 3.05) is 6.54 Å². The predicted octanol–water partition coefficient (Wildman–Crippen LogP) is 1.10. The Balaban J connectivity index is 1.30. The van der Waals surface area contributed by atoms with E-state index in [4.69, 9.17) is 0 Å². The molecule has 2 amide bonds. The molecule has 0 aromatic rings. The van der Waals surface area contributed by atoms with Crippen molar-refractivity contribution >= 4 is 23.8 Å². The molecule has 8 nitrogen and oxygen atoms in total. The van der Waals surface area contributed by atoms with Gasteiger partial charge in [-0.1, -0.05) is 0 Å². The summed E-state index contributed by atoms with van der Waals surface area (Å²) in [6.45, 7) is 1.99. The van der Waals surface area contributed by atoms with Gasteiger partial charge in [0.2, 0.25) is 11.8 Å². The van der Waals surface area contributed by atoms with Crippen molar-refractivity contribution < 1.29 is 29.4 Å². The van der Waals surface area contributed by atoms with Crippen molar-refractivity contribution in [1.82, 2.24) is 10.6 Å². The number of carboxylic acids is 2. The Kier molecular flexibility index (Phi) is 5.29. The molecular weight excluding hydrogens is 376 g/mol. The van der Waals surface area contributed by atoms with Gasteiger partial charge in [0.15, 0.2) is 0 Å². The quantitative estimate of drug-likeness (QED) is 0.500. The highest BCUT2D eigenvalue weighted by Crippen LogP contribution is 2.53. The molecule has 0 unspecified atom stereocenters. The van der Waals surface area contributed by atoms with E-state index in [1.54, 1.807) is 6.92 Å². The van der Waals surface area contributed by atoms with Crippen LogP contribution >= 0.6 is 0 Å². The number of hydrogen-bond acceptors (Lipinski definition) is 4. The summed E-state index contributed by atoms with van der Waals surface area (Å²) in [6.07, 6.45) is 5.18. The fourth-order valence-electron chi connectivity index (χ4n) is 6.81. The Morgan fingerprint density at radius 2 is 1.17 bits per heavy atom. The fourth-order valence-corrected chi connectivity index (χ4v) is 6.81. The molecule has 0 spiro atoms. The first-order valence-corrected chi connectivity index (χ1v) is 10.8. The molecule has 4 aliphatic rings. The maximum atomic E-state index is 12.7. The zero-order chi connectivity index (χ0) is 20.9. The summed E-state index contributed by atoms with van der Waals surface area (Å²) in [6, 6.07) is -0.345. The summed E-state index contributed by atoms with van der Waals surface area (Å²) < 4.78 is 0. The predicted molar refractivity (Wildman–Crippen MR) is 102 cm³/mol. The molecule has 0 aromatic carbocycles. The number of hydrogen-bond donors (Lipinski definition) is 4. The largest absolute Gasteiger partial charge is 0.481 e. The second-order valence-corrected chi connectivity index (χ2v) is 9.60. The average Bonchev–Trinajstić information content (AvgIpc) is 3.44. The SMILES string of the molecule is C[C@H](CNC(=O)[C@@H]1[C@@H]2CC[C@@H](C2)[C@@H]1C(=O)O)NC(=O)[C@@H]1[C@@H]2CC[C@@H](C2)[C@@H]1C(=O)O. The molecule has 4 aliphatic carbocycles. The van der Waals surface area contributed by atoms with Crippen LogP contribution in [0.2, 0.25) is 0 Å². The van der Waals surface area contributed by atoms with E-state index in [9.17, 15) is 29.4 Å². The topological polar surface area (TPSA) is 133 Å². The van der Waals surface area contributed by atoms with Crippen molar-refractivity contribution in [3.8, 4) is 0 Å². The summed E-state index contributed by atoms with van der Waals surface area (Å²) in [7, 11) is 0.